The number of carbonyl (C=O) groups is 2. The third-order valence-electron chi connectivity index (χ3n) is 5.79. The largest absolute Gasteiger partial charge is 0.366 e. The number of amides is 1. The van der Waals surface area contributed by atoms with Crippen molar-refractivity contribution in [2.45, 2.75) is 65.8 Å². The van der Waals surface area contributed by atoms with E-state index in [1.807, 2.05) is 45.9 Å². The smallest absolute Gasteiger partial charge is 0.232 e. The molecule has 1 aromatic rings. The monoisotopic (exact) mass is 356 g/mol. The number of benzene rings is 1. The lowest BCUT2D eigenvalue weighted by Crippen LogP contribution is -2.43. The second-order valence-electron chi connectivity index (χ2n) is 8.93. The molecule has 0 radical (unpaired) electrons. The Kier molecular flexibility index (Phi) is 5.40. The number of fused-ring (bicyclic) bond motifs is 1. The molecule has 4 nitrogen and oxygen atoms in total. The molecule has 26 heavy (non-hydrogen) atoms. The van der Waals surface area contributed by atoms with Gasteiger partial charge in [0.1, 0.15) is 0 Å². The molecule has 0 spiro atoms. The SMILES string of the molecule is C[C@@H]1CN(C2CCCCC2)c2ccccc2N(CC(=O)C(C)(C)C)C1=O. The Labute approximate surface area is 157 Å². The maximum absolute atomic E-state index is 13.1. The molecule has 1 heterocycles. The van der Waals surface area contributed by atoms with Crippen LogP contribution >= 0.6 is 0 Å². The molecule has 0 N–H and O–H groups in total. The maximum atomic E-state index is 13.1. The van der Waals surface area contributed by atoms with Crippen molar-refractivity contribution in [2.24, 2.45) is 11.3 Å². The van der Waals surface area contributed by atoms with Crippen LogP contribution in [0.2, 0.25) is 0 Å². The van der Waals surface area contributed by atoms with Crippen LogP contribution in [0.25, 0.3) is 0 Å². The molecule has 0 unspecified atom stereocenters. The van der Waals surface area contributed by atoms with Crippen molar-refractivity contribution < 1.29 is 9.59 Å². The summed E-state index contributed by atoms with van der Waals surface area (Å²) in [5.74, 6) is 0.0458. The molecule has 4 heteroatoms. The number of Topliss-reactive ketones (excluding diaryl/α,β-unsaturated/α-hetero) is 1. The summed E-state index contributed by atoms with van der Waals surface area (Å²) in [4.78, 5) is 30.0. The van der Waals surface area contributed by atoms with Crippen LogP contribution < -0.4 is 9.80 Å². The van der Waals surface area contributed by atoms with Crippen LogP contribution in [0.1, 0.15) is 59.8 Å². The normalized spacial score (nSPS) is 22.2. The van der Waals surface area contributed by atoms with Gasteiger partial charge in [-0.2, -0.15) is 0 Å². The summed E-state index contributed by atoms with van der Waals surface area (Å²) >= 11 is 0. The second kappa shape index (κ2) is 7.42. The molecule has 0 bridgehead atoms. The average Bonchev–Trinajstić information content (AvgIpc) is 2.72. The molecule has 1 aliphatic heterocycles. The van der Waals surface area contributed by atoms with Crippen LogP contribution in [0.5, 0.6) is 0 Å². The third-order valence-corrected chi connectivity index (χ3v) is 5.79. The Balaban J connectivity index is 1.99. The minimum absolute atomic E-state index is 0.0633. The standard InChI is InChI=1S/C22H32N2O2/c1-16-14-23(17-10-6-5-7-11-17)18-12-8-9-13-19(18)24(21(16)26)15-20(25)22(2,3)4/h8-9,12-13,16-17H,5-7,10-11,14-15H2,1-4H3/t16-/m1/s1. The molecule has 1 fully saturated rings. The van der Waals surface area contributed by atoms with E-state index in [1.165, 1.54) is 32.1 Å². The number of anilines is 2. The van der Waals surface area contributed by atoms with Gasteiger partial charge >= 0.3 is 0 Å². The highest BCUT2D eigenvalue weighted by Gasteiger charge is 2.36. The fraction of sp³-hybridized carbons (Fsp3) is 0.636. The summed E-state index contributed by atoms with van der Waals surface area (Å²) in [5, 5.41) is 0. The minimum atomic E-state index is -0.451. The van der Waals surface area contributed by atoms with Gasteiger partial charge in [0.15, 0.2) is 5.78 Å². The third kappa shape index (κ3) is 3.79. The first-order valence-electron chi connectivity index (χ1n) is 9.99. The van der Waals surface area contributed by atoms with E-state index in [0.29, 0.717) is 6.04 Å². The highest BCUT2D eigenvalue weighted by Crippen LogP contribution is 2.38. The number of rotatable bonds is 3. The quantitative estimate of drug-likeness (QED) is 0.805. The van der Waals surface area contributed by atoms with E-state index in [4.69, 9.17) is 0 Å². The van der Waals surface area contributed by atoms with E-state index in [9.17, 15) is 9.59 Å². The molecule has 1 aliphatic carbocycles. The molecule has 1 aromatic carbocycles. The van der Waals surface area contributed by atoms with E-state index in [0.717, 1.165) is 17.9 Å². The summed E-state index contributed by atoms with van der Waals surface area (Å²) in [6.07, 6.45) is 6.22. The van der Waals surface area contributed by atoms with Crippen molar-refractivity contribution in [1.82, 2.24) is 0 Å². The molecular formula is C22H32N2O2. The first kappa shape index (κ1) is 18.9. The molecule has 3 rings (SSSR count). The summed E-state index contributed by atoms with van der Waals surface area (Å²) in [6, 6.07) is 8.62. The second-order valence-corrected chi connectivity index (χ2v) is 8.93. The molecule has 142 valence electrons. The van der Waals surface area contributed by atoms with Gasteiger partial charge in [0.25, 0.3) is 0 Å². The number of carbonyl (C=O) groups excluding carboxylic acids is 2. The lowest BCUT2D eigenvalue weighted by atomic mass is 9.90. The average molecular weight is 357 g/mol. The summed E-state index contributed by atoms with van der Waals surface area (Å²) in [7, 11) is 0. The topological polar surface area (TPSA) is 40.6 Å². The molecule has 1 atom stereocenters. The summed E-state index contributed by atoms with van der Waals surface area (Å²) in [6.45, 7) is 8.64. The number of para-hydroxylation sites is 2. The Morgan fingerprint density at radius 2 is 1.69 bits per heavy atom. The van der Waals surface area contributed by atoms with Crippen molar-refractivity contribution in [3.8, 4) is 0 Å². The fourth-order valence-corrected chi connectivity index (χ4v) is 4.07. The van der Waals surface area contributed by atoms with Gasteiger partial charge in [0.05, 0.1) is 23.8 Å². The van der Waals surface area contributed by atoms with Gasteiger partial charge in [-0.05, 0) is 25.0 Å². The molecule has 1 saturated carbocycles. The lowest BCUT2D eigenvalue weighted by Gasteiger charge is -2.37. The van der Waals surface area contributed by atoms with Gasteiger partial charge in [-0.3, -0.25) is 9.59 Å². The minimum Gasteiger partial charge on any atom is -0.366 e. The highest BCUT2D eigenvalue weighted by atomic mass is 16.2. The van der Waals surface area contributed by atoms with Gasteiger partial charge in [-0.15, -0.1) is 0 Å². The predicted molar refractivity (Wildman–Crippen MR) is 107 cm³/mol. The number of hydrogen-bond acceptors (Lipinski definition) is 3. The molecule has 2 aliphatic rings. The van der Waals surface area contributed by atoms with Gasteiger partial charge in [-0.25, -0.2) is 0 Å². The maximum Gasteiger partial charge on any atom is 0.232 e. The van der Waals surface area contributed by atoms with E-state index in [-0.39, 0.29) is 24.2 Å². The number of nitrogens with zero attached hydrogens (tertiary/aromatic N) is 2. The fourth-order valence-electron chi connectivity index (χ4n) is 4.07. The molecule has 0 saturated heterocycles. The van der Waals surface area contributed by atoms with E-state index < -0.39 is 5.41 Å². The van der Waals surface area contributed by atoms with Crippen LogP contribution in [-0.2, 0) is 9.59 Å². The number of hydrogen-bond donors (Lipinski definition) is 0. The van der Waals surface area contributed by atoms with Crippen LogP contribution in [0.15, 0.2) is 24.3 Å². The lowest BCUT2D eigenvalue weighted by molar-refractivity contribution is -0.128. The van der Waals surface area contributed by atoms with Crippen LogP contribution in [0.4, 0.5) is 11.4 Å². The Morgan fingerprint density at radius 1 is 1.08 bits per heavy atom. The zero-order valence-corrected chi connectivity index (χ0v) is 16.6. The van der Waals surface area contributed by atoms with Gasteiger partial charge in [-0.1, -0.05) is 59.1 Å². The zero-order valence-electron chi connectivity index (χ0n) is 16.6. The van der Waals surface area contributed by atoms with Crippen molar-refractivity contribution in [3.05, 3.63) is 24.3 Å². The van der Waals surface area contributed by atoms with Crippen molar-refractivity contribution in [1.29, 1.82) is 0 Å². The van der Waals surface area contributed by atoms with Gasteiger partial charge in [0, 0.05) is 18.0 Å². The highest BCUT2D eigenvalue weighted by molar-refractivity contribution is 6.04. The summed E-state index contributed by atoms with van der Waals surface area (Å²) in [5.41, 5.74) is 1.55. The van der Waals surface area contributed by atoms with Crippen LogP contribution in [0.3, 0.4) is 0 Å². The van der Waals surface area contributed by atoms with E-state index in [2.05, 4.69) is 11.0 Å². The zero-order chi connectivity index (χ0) is 18.9. The van der Waals surface area contributed by atoms with Crippen LogP contribution in [-0.4, -0.2) is 30.8 Å². The Morgan fingerprint density at radius 3 is 2.31 bits per heavy atom. The van der Waals surface area contributed by atoms with Crippen LogP contribution in [0, 0.1) is 11.3 Å². The van der Waals surface area contributed by atoms with Crippen molar-refractivity contribution in [3.63, 3.8) is 0 Å². The molecule has 1 amide bonds. The van der Waals surface area contributed by atoms with Gasteiger partial charge in [0.2, 0.25) is 5.91 Å². The molecule has 0 aromatic heterocycles. The van der Waals surface area contributed by atoms with E-state index in [1.54, 1.807) is 4.90 Å². The first-order chi connectivity index (χ1) is 12.3. The molecular weight excluding hydrogens is 324 g/mol. The van der Waals surface area contributed by atoms with Gasteiger partial charge < -0.3 is 9.80 Å². The van der Waals surface area contributed by atoms with E-state index >= 15 is 0 Å². The predicted octanol–water partition coefficient (Wildman–Crippen LogP) is 4.42. The van der Waals surface area contributed by atoms with Crippen molar-refractivity contribution >= 4 is 23.1 Å². The first-order valence-corrected chi connectivity index (χ1v) is 9.99. The Hall–Kier alpha value is -1.84. The Bertz CT molecular complexity index is 671. The van der Waals surface area contributed by atoms with Crippen molar-refractivity contribution in [2.75, 3.05) is 22.9 Å². The summed E-state index contributed by atoms with van der Waals surface area (Å²) < 4.78 is 0. The number of ketones is 1.